The molecule has 4 nitrogen and oxygen atoms in total. The fourth-order valence-corrected chi connectivity index (χ4v) is 4.69. The van der Waals surface area contributed by atoms with Crippen LogP contribution < -0.4 is 0 Å². The third-order valence-corrected chi connectivity index (χ3v) is 5.27. The van der Waals surface area contributed by atoms with Gasteiger partial charge in [-0.3, -0.25) is 4.90 Å². The lowest BCUT2D eigenvalue weighted by molar-refractivity contribution is 0.113. The van der Waals surface area contributed by atoms with Crippen molar-refractivity contribution in [3.8, 4) is 0 Å². The van der Waals surface area contributed by atoms with Crippen molar-refractivity contribution < 1.29 is 13.2 Å². The van der Waals surface area contributed by atoms with E-state index in [1.807, 2.05) is 4.90 Å². The zero-order valence-corrected chi connectivity index (χ0v) is 11.8. The average molecular weight is 288 g/mol. The molecule has 1 unspecified atom stereocenters. The molecule has 1 heterocycles. The first-order valence-electron chi connectivity index (χ1n) is 5.20. The van der Waals surface area contributed by atoms with Crippen LogP contribution in [0.4, 0.5) is 0 Å². The Morgan fingerprint density at radius 1 is 1.50 bits per heavy atom. The summed E-state index contributed by atoms with van der Waals surface area (Å²) >= 11 is 7.18. The molecular formula is C9H18ClNO3S2. The number of halogens is 1. The van der Waals surface area contributed by atoms with Gasteiger partial charge in [0.25, 0.3) is 0 Å². The van der Waals surface area contributed by atoms with Gasteiger partial charge in [-0.15, -0.1) is 11.6 Å². The summed E-state index contributed by atoms with van der Waals surface area (Å²) in [5.74, 6) is 2.13. The largest absolute Gasteiger partial charge is 0.379 e. The van der Waals surface area contributed by atoms with Gasteiger partial charge in [-0.05, 0) is 0 Å². The summed E-state index contributed by atoms with van der Waals surface area (Å²) in [5.41, 5.74) is 0. The van der Waals surface area contributed by atoms with Crippen LogP contribution >= 0.6 is 23.4 Å². The fraction of sp³-hybridized carbons (Fsp3) is 1.00. The summed E-state index contributed by atoms with van der Waals surface area (Å²) in [4.78, 5) is 1.99. The number of hydrogen-bond donors (Lipinski definition) is 0. The van der Waals surface area contributed by atoms with E-state index in [0.29, 0.717) is 31.4 Å². The maximum atomic E-state index is 11.6. The molecule has 1 aliphatic heterocycles. The van der Waals surface area contributed by atoms with E-state index in [-0.39, 0.29) is 5.37 Å². The SMILES string of the molecule is CS(=O)(=O)C1CSCCN1CCOCCCl. The summed E-state index contributed by atoms with van der Waals surface area (Å²) in [5, 5.41) is -0.356. The van der Waals surface area contributed by atoms with Gasteiger partial charge in [0, 0.05) is 36.7 Å². The molecule has 7 heteroatoms. The van der Waals surface area contributed by atoms with E-state index < -0.39 is 9.84 Å². The van der Waals surface area contributed by atoms with Crippen molar-refractivity contribution in [2.45, 2.75) is 5.37 Å². The molecule has 0 aromatic rings. The van der Waals surface area contributed by atoms with Gasteiger partial charge in [-0.1, -0.05) is 0 Å². The molecule has 16 heavy (non-hydrogen) atoms. The van der Waals surface area contributed by atoms with E-state index in [1.165, 1.54) is 6.26 Å². The summed E-state index contributed by atoms with van der Waals surface area (Å²) < 4.78 is 28.4. The maximum absolute atomic E-state index is 11.6. The molecule has 1 aliphatic rings. The number of ether oxygens (including phenoxy) is 1. The Hall–Kier alpha value is 0.510. The van der Waals surface area contributed by atoms with Crippen molar-refractivity contribution in [1.29, 1.82) is 0 Å². The molecule has 0 aromatic heterocycles. The van der Waals surface area contributed by atoms with Crippen LogP contribution in [0.1, 0.15) is 0 Å². The lowest BCUT2D eigenvalue weighted by Gasteiger charge is -2.33. The maximum Gasteiger partial charge on any atom is 0.164 e. The lowest BCUT2D eigenvalue weighted by atomic mass is 10.4. The first kappa shape index (κ1) is 14.6. The van der Waals surface area contributed by atoms with E-state index in [1.54, 1.807) is 11.8 Å². The molecule has 0 amide bonds. The fourth-order valence-electron chi connectivity index (χ4n) is 1.60. The molecule has 0 aliphatic carbocycles. The van der Waals surface area contributed by atoms with Crippen molar-refractivity contribution in [3.05, 3.63) is 0 Å². The third-order valence-electron chi connectivity index (χ3n) is 2.43. The Labute approximate surface area is 107 Å². The smallest absolute Gasteiger partial charge is 0.164 e. The van der Waals surface area contributed by atoms with E-state index in [4.69, 9.17) is 16.3 Å². The molecule has 0 aromatic carbocycles. The van der Waals surface area contributed by atoms with Gasteiger partial charge in [0.15, 0.2) is 9.84 Å². The van der Waals surface area contributed by atoms with Gasteiger partial charge in [0.2, 0.25) is 0 Å². The molecule has 1 saturated heterocycles. The van der Waals surface area contributed by atoms with E-state index >= 15 is 0 Å². The molecule has 1 fully saturated rings. The van der Waals surface area contributed by atoms with Crippen LogP contribution in [0.3, 0.4) is 0 Å². The highest BCUT2D eigenvalue weighted by Gasteiger charge is 2.30. The van der Waals surface area contributed by atoms with Gasteiger partial charge < -0.3 is 4.74 Å². The number of nitrogens with zero attached hydrogens (tertiary/aromatic N) is 1. The van der Waals surface area contributed by atoms with Crippen molar-refractivity contribution in [3.63, 3.8) is 0 Å². The number of rotatable bonds is 6. The van der Waals surface area contributed by atoms with Gasteiger partial charge in [0.05, 0.1) is 13.2 Å². The highest BCUT2D eigenvalue weighted by molar-refractivity contribution is 8.00. The standard InChI is InChI=1S/C9H18ClNO3S2/c1-16(12,13)9-8-15-7-4-11(9)3-6-14-5-2-10/h9H,2-8H2,1H3. The lowest BCUT2D eigenvalue weighted by Crippen LogP contribution is -2.48. The second kappa shape index (κ2) is 7.06. The second-order valence-electron chi connectivity index (χ2n) is 3.70. The Kier molecular flexibility index (Phi) is 6.43. The van der Waals surface area contributed by atoms with Crippen molar-refractivity contribution in [2.75, 3.05) is 49.9 Å². The summed E-state index contributed by atoms with van der Waals surface area (Å²) in [6, 6.07) is 0. The predicted octanol–water partition coefficient (Wildman–Crippen LogP) is 0.661. The quantitative estimate of drug-likeness (QED) is 0.531. The monoisotopic (exact) mass is 287 g/mol. The van der Waals surface area contributed by atoms with Crippen molar-refractivity contribution in [1.82, 2.24) is 4.90 Å². The minimum atomic E-state index is -2.99. The van der Waals surface area contributed by atoms with Gasteiger partial charge in [0.1, 0.15) is 5.37 Å². The molecule has 0 bridgehead atoms. The minimum absolute atomic E-state index is 0.356. The normalized spacial score (nSPS) is 23.5. The molecule has 0 spiro atoms. The van der Waals surface area contributed by atoms with Gasteiger partial charge in [-0.2, -0.15) is 11.8 Å². The number of sulfone groups is 1. The highest BCUT2D eigenvalue weighted by atomic mass is 35.5. The number of hydrogen-bond acceptors (Lipinski definition) is 5. The van der Waals surface area contributed by atoms with Crippen LogP contribution in [-0.2, 0) is 14.6 Å². The Balaban J connectivity index is 2.42. The van der Waals surface area contributed by atoms with E-state index in [9.17, 15) is 8.42 Å². The Bertz CT molecular complexity index is 297. The summed E-state index contributed by atoms with van der Waals surface area (Å²) in [6.45, 7) is 2.54. The van der Waals surface area contributed by atoms with Crippen LogP contribution in [0.15, 0.2) is 0 Å². The summed E-state index contributed by atoms with van der Waals surface area (Å²) in [6.07, 6.45) is 1.30. The Morgan fingerprint density at radius 3 is 2.88 bits per heavy atom. The molecule has 96 valence electrons. The molecular weight excluding hydrogens is 270 g/mol. The van der Waals surface area contributed by atoms with Crippen molar-refractivity contribution >= 4 is 33.2 Å². The highest BCUT2D eigenvalue weighted by Crippen LogP contribution is 2.19. The Morgan fingerprint density at radius 2 is 2.25 bits per heavy atom. The van der Waals surface area contributed by atoms with Crippen LogP contribution in [0.25, 0.3) is 0 Å². The number of alkyl halides is 1. The molecule has 1 rings (SSSR count). The molecule has 0 N–H and O–H groups in total. The third kappa shape index (κ3) is 4.79. The predicted molar refractivity (Wildman–Crippen MR) is 69.1 cm³/mol. The van der Waals surface area contributed by atoms with Crippen LogP contribution in [0, 0.1) is 0 Å². The first-order chi connectivity index (χ1) is 7.55. The number of thioether (sulfide) groups is 1. The zero-order valence-electron chi connectivity index (χ0n) is 9.39. The molecule has 1 atom stereocenters. The topological polar surface area (TPSA) is 46.6 Å². The van der Waals surface area contributed by atoms with Gasteiger partial charge >= 0.3 is 0 Å². The zero-order chi connectivity index (χ0) is 12.0. The van der Waals surface area contributed by atoms with Crippen LogP contribution in [0.2, 0.25) is 0 Å². The van der Waals surface area contributed by atoms with Gasteiger partial charge in [-0.25, -0.2) is 8.42 Å². The second-order valence-corrected chi connectivity index (χ2v) is 7.43. The van der Waals surface area contributed by atoms with Crippen molar-refractivity contribution in [2.24, 2.45) is 0 Å². The average Bonchev–Trinajstić information content (AvgIpc) is 2.24. The first-order valence-corrected chi connectivity index (χ1v) is 8.84. The van der Waals surface area contributed by atoms with E-state index in [2.05, 4.69) is 0 Å². The summed E-state index contributed by atoms with van der Waals surface area (Å²) in [7, 11) is -2.99. The molecule has 0 radical (unpaired) electrons. The van der Waals surface area contributed by atoms with E-state index in [0.717, 1.165) is 12.3 Å². The minimum Gasteiger partial charge on any atom is -0.379 e. The van der Waals surface area contributed by atoms with Crippen LogP contribution in [-0.4, -0.2) is 68.6 Å². The van der Waals surface area contributed by atoms with Crippen LogP contribution in [0.5, 0.6) is 0 Å². The molecule has 0 saturated carbocycles.